The molecule has 0 bridgehead atoms. The molecule has 0 saturated carbocycles. The molecular weight excluding hydrogens is 317 g/mol. The molecule has 3 N–H and O–H groups in total. The van der Waals surface area contributed by atoms with E-state index in [1.807, 2.05) is 0 Å². The predicted molar refractivity (Wildman–Crippen MR) is 72.1 cm³/mol. The molecule has 1 saturated heterocycles. The summed E-state index contributed by atoms with van der Waals surface area (Å²) < 4.78 is 40.2. The number of aliphatic hydroxyl groups is 1. The highest BCUT2D eigenvalue weighted by Gasteiger charge is 2.36. The fourth-order valence-corrected chi connectivity index (χ4v) is 2.24. The molecule has 2 unspecified atom stereocenters. The van der Waals surface area contributed by atoms with Gasteiger partial charge in [0.05, 0.1) is 6.10 Å². The number of amides is 2. The van der Waals surface area contributed by atoms with Crippen LogP contribution in [0.25, 0.3) is 0 Å². The van der Waals surface area contributed by atoms with E-state index in [1.54, 1.807) is 0 Å². The topological polar surface area (TPSA) is 87.7 Å². The Bertz CT molecular complexity index is 592. The Morgan fingerprint density at radius 1 is 1.43 bits per heavy atom. The average Bonchev–Trinajstić information content (AvgIpc) is 2.43. The first-order valence-electron chi connectivity index (χ1n) is 6.84. The summed E-state index contributed by atoms with van der Waals surface area (Å²) in [5.74, 6) is -2.88. The lowest BCUT2D eigenvalue weighted by atomic mass is 9.94. The second-order valence-electron chi connectivity index (χ2n) is 5.04. The molecule has 0 spiro atoms. The summed E-state index contributed by atoms with van der Waals surface area (Å²) in [6.07, 6.45) is -5.62. The summed E-state index contributed by atoms with van der Waals surface area (Å²) in [6.45, 7) is 0.199. The van der Waals surface area contributed by atoms with Gasteiger partial charge >= 0.3 is 6.36 Å². The summed E-state index contributed by atoms with van der Waals surface area (Å²) in [5.41, 5.74) is 0.366. The average molecular weight is 332 g/mol. The van der Waals surface area contributed by atoms with Gasteiger partial charge in [0.15, 0.2) is 0 Å². The minimum Gasteiger partial charge on any atom is -0.406 e. The lowest BCUT2D eigenvalue weighted by Crippen LogP contribution is -2.51. The van der Waals surface area contributed by atoms with Crippen LogP contribution in [-0.2, 0) is 16.1 Å². The van der Waals surface area contributed by atoms with Crippen LogP contribution in [0.2, 0.25) is 0 Å². The number of halogens is 3. The van der Waals surface area contributed by atoms with Crippen molar-refractivity contribution < 1.29 is 32.6 Å². The van der Waals surface area contributed by atoms with Gasteiger partial charge in [0.25, 0.3) is 0 Å². The Hall–Kier alpha value is -2.29. The Morgan fingerprint density at radius 2 is 2.17 bits per heavy atom. The van der Waals surface area contributed by atoms with Crippen LogP contribution in [0.4, 0.5) is 13.2 Å². The van der Waals surface area contributed by atoms with Gasteiger partial charge in [-0.15, -0.1) is 13.2 Å². The molecule has 1 heterocycles. The number of rotatable bonds is 4. The quantitative estimate of drug-likeness (QED) is 0.708. The zero-order valence-corrected chi connectivity index (χ0v) is 11.9. The number of alkyl halides is 3. The van der Waals surface area contributed by atoms with Crippen molar-refractivity contribution in [3.8, 4) is 5.75 Å². The van der Waals surface area contributed by atoms with Gasteiger partial charge in [0.2, 0.25) is 11.8 Å². The number of ether oxygens (including phenoxy) is 1. The number of hydrogen-bond acceptors (Lipinski definition) is 4. The van der Waals surface area contributed by atoms with E-state index in [9.17, 15) is 27.9 Å². The van der Waals surface area contributed by atoms with Crippen molar-refractivity contribution in [1.82, 2.24) is 10.6 Å². The fraction of sp³-hybridized carbons (Fsp3) is 0.429. The Morgan fingerprint density at radius 3 is 2.83 bits per heavy atom. The van der Waals surface area contributed by atoms with Gasteiger partial charge < -0.3 is 20.5 Å². The highest BCUT2D eigenvalue weighted by atomic mass is 19.4. The zero-order chi connectivity index (χ0) is 17.0. The van der Waals surface area contributed by atoms with Gasteiger partial charge in [-0.1, -0.05) is 12.1 Å². The Balaban J connectivity index is 1.96. The standard InChI is InChI=1S/C14H15F3N2O4/c15-14(16,17)23-9-3-1-2-8(6-9)7-19-13(22)11-10(20)4-5-18-12(11)21/h1-3,6,10-11,20H,4-5,7H2,(H,18,21)(H,19,22). The van der Waals surface area contributed by atoms with Crippen molar-refractivity contribution in [2.45, 2.75) is 25.4 Å². The van der Waals surface area contributed by atoms with E-state index in [0.717, 1.165) is 12.1 Å². The second-order valence-corrected chi connectivity index (χ2v) is 5.04. The monoisotopic (exact) mass is 332 g/mol. The van der Waals surface area contributed by atoms with Crippen LogP contribution >= 0.6 is 0 Å². The molecule has 1 aliphatic rings. The SMILES string of the molecule is O=C1NCCC(O)C1C(=O)NCc1cccc(OC(F)(F)F)c1. The van der Waals surface area contributed by atoms with Gasteiger partial charge in [-0.2, -0.15) is 0 Å². The zero-order valence-electron chi connectivity index (χ0n) is 11.9. The van der Waals surface area contributed by atoms with E-state index in [1.165, 1.54) is 12.1 Å². The number of hydrogen-bond donors (Lipinski definition) is 3. The molecule has 6 nitrogen and oxygen atoms in total. The minimum absolute atomic E-state index is 0.0929. The van der Waals surface area contributed by atoms with Crippen LogP contribution in [0, 0.1) is 5.92 Å². The van der Waals surface area contributed by atoms with Crippen LogP contribution in [0.15, 0.2) is 24.3 Å². The molecule has 2 amide bonds. The third-order valence-corrected chi connectivity index (χ3v) is 3.29. The molecular formula is C14H15F3N2O4. The van der Waals surface area contributed by atoms with E-state index >= 15 is 0 Å². The van der Waals surface area contributed by atoms with Crippen molar-refractivity contribution in [1.29, 1.82) is 0 Å². The number of nitrogens with one attached hydrogen (secondary N) is 2. The maximum Gasteiger partial charge on any atom is 0.573 e. The lowest BCUT2D eigenvalue weighted by Gasteiger charge is -2.26. The summed E-state index contributed by atoms with van der Waals surface area (Å²) in [5, 5.41) is 14.6. The van der Waals surface area contributed by atoms with Crippen molar-refractivity contribution in [3.63, 3.8) is 0 Å². The summed E-state index contributed by atoms with van der Waals surface area (Å²) in [7, 11) is 0. The molecule has 1 aliphatic heterocycles. The predicted octanol–water partition coefficient (Wildman–Crippen LogP) is 0.698. The smallest absolute Gasteiger partial charge is 0.406 e. The molecule has 2 atom stereocenters. The highest BCUT2D eigenvalue weighted by molar-refractivity contribution is 6.01. The first-order chi connectivity index (χ1) is 10.8. The van der Waals surface area contributed by atoms with E-state index < -0.39 is 35.9 Å². The molecule has 9 heteroatoms. The first kappa shape index (κ1) is 17.1. The molecule has 2 rings (SSSR count). The lowest BCUT2D eigenvalue weighted by molar-refractivity contribution is -0.274. The Labute approximate surface area is 129 Å². The van der Waals surface area contributed by atoms with Gasteiger partial charge in [0.1, 0.15) is 11.7 Å². The van der Waals surface area contributed by atoms with Gasteiger partial charge in [-0.25, -0.2) is 0 Å². The summed E-state index contributed by atoms with van der Waals surface area (Å²) in [6, 6.07) is 5.12. The van der Waals surface area contributed by atoms with E-state index in [2.05, 4.69) is 15.4 Å². The second kappa shape index (κ2) is 6.86. The Kier molecular flexibility index (Phi) is 5.09. The van der Waals surface area contributed by atoms with Crippen molar-refractivity contribution in [2.75, 3.05) is 6.54 Å². The van der Waals surface area contributed by atoms with Crippen molar-refractivity contribution in [2.24, 2.45) is 5.92 Å². The van der Waals surface area contributed by atoms with E-state index in [-0.39, 0.29) is 13.0 Å². The normalized spacial score (nSPS) is 21.5. The first-order valence-corrected chi connectivity index (χ1v) is 6.84. The molecule has 0 aromatic heterocycles. The number of aliphatic hydroxyl groups excluding tert-OH is 1. The molecule has 1 aromatic rings. The van der Waals surface area contributed by atoms with Crippen LogP contribution in [0.1, 0.15) is 12.0 Å². The molecule has 126 valence electrons. The number of carbonyl (C=O) groups excluding carboxylic acids is 2. The number of carbonyl (C=O) groups is 2. The summed E-state index contributed by atoms with van der Waals surface area (Å²) in [4.78, 5) is 23.6. The van der Waals surface area contributed by atoms with E-state index in [4.69, 9.17) is 0 Å². The van der Waals surface area contributed by atoms with Crippen LogP contribution < -0.4 is 15.4 Å². The van der Waals surface area contributed by atoms with Gasteiger partial charge in [-0.3, -0.25) is 9.59 Å². The van der Waals surface area contributed by atoms with Crippen molar-refractivity contribution in [3.05, 3.63) is 29.8 Å². The maximum absolute atomic E-state index is 12.2. The fourth-order valence-electron chi connectivity index (χ4n) is 2.24. The van der Waals surface area contributed by atoms with Crippen LogP contribution in [-0.4, -0.2) is 35.9 Å². The molecule has 23 heavy (non-hydrogen) atoms. The number of piperidine rings is 1. The van der Waals surface area contributed by atoms with Crippen LogP contribution in [0.3, 0.4) is 0 Å². The molecule has 1 aromatic carbocycles. The molecule has 1 fully saturated rings. The largest absolute Gasteiger partial charge is 0.573 e. The highest BCUT2D eigenvalue weighted by Crippen LogP contribution is 2.23. The third-order valence-electron chi connectivity index (χ3n) is 3.29. The van der Waals surface area contributed by atoms with Gasteiger partial charge in [0, 0.05) is 13.1 Å². The number of benzene rings is 1. The molecule has 0 radical (unpaired) electrons. The third kappa shape index (κ3) is 4.85. The summed E-state index contributed by atoms with van der Waals surface area (Å²) >= 11 is 0. The molecule has 0 aliphatic carbocycles. The maximum atomic E-state index is 12.2. The van der Waals surface area contributed by atoms with Gasteiger partial charge in [-0.05, 0) is 24.1 Å². The minimum atomic E-state index is -4.80. The van der Waals surface area contributed by atoms with E-state index in [0.29, 0.717) is 12.1 Å². The van der Waals surface area contributed by atoms with Crippen LogP contribution in [0.5, 0.6) is 5.75 Å². The van der Waals surface area contributed by atoms with Crippen molar-refractivity contribution >= 4 is 11.8 Å².